The van der Waals surface area contributed by atoms with Gasteiger partial charge in [0.25, 0.3) is 0 Å². The zero-order valence-corrected chi connectivity index (χ0v) is 8.76. The van der Waals surface area contributed by atoms with Crippen LogP contribution in [0.1, 0.15) is 23.2 Å². The largest absolute Gasteiger partial charge is 0.455 e. The third-order valence-corrected chi connectivity index (χ3v) is 2.44. The monoisotopic (exact) mass is 216 g/mol. The van der Waals surface area contributed by atoms with Gasteiger partial charge in [-0.1, -0.05) is 18.2 Å². The van der Waals surface area contributed by atoms with Crippen molar-refractivity contribution in [2.75, 3.05) is 0 Å². The lowest BCUT2D eigenvalue weighted by Crippen LogP contribution is -2.20. The fraction of sp³-hybridized carbons (Fsp3) is 0.231. The number of hydrogen-bond acceptors (Lipinski definition) is 3. The van der Waals surface area contributed by atoms with Crippen LogP contribution in [0.15, 0.2) is 42.5 Å². The van der Waals surface area contributed by atoms with Crippen molar-refractivity contribution in [1.29, 1.82) is 0 Å². The van der Waals surface area contributed by atoms with Crippen molar-refractivity contribution >= 4 is 11.8 Å². The van der Waals surface area contributed by atoms with E-state index in [9.17, 15) is 9.59 Å². The van der Waals surface area contributed by atoms with E-state index >= 15 is 0 Å². The third-order valence-electron chi connectivity index (χ3n) is 2.44. The molecule has 1 aliphatic carbocycles. The van der Waals surface area contributed by atoms with Crippen LogP contribution in [0.4, 0.5) is 0 Å². The first-order chi connectivity index (χ1) is 7.75. The Labute approximate surface area is 93.7 Å². The van der Waals surface area contributed by atoms with Gasteiger partial charge in [-0.05, 0) is 30.7 Å². The third kappa shape index (κ3) is 2.57. The molecule has 1 aromatic rings. The molecule has 1 aromatic carbocycles. The van der Waals surface area contributed by atoms with Crippen molar-refractivity contribution in [2.24, 2.45) is 0 Å². The first kappa shape index (κ1) is 10.6. The number of esters is 1. The quantitative estimate of drug-likeness (QED) is 0.711. The van der Waals surface area contributed by atoms with Crippen LogP contribution < -0.4 is 0 Å². The maximum Gasteiger partial charge on any atom is 0.338 e. The van der Waals surface area contributed by atoms with Gasteiger partial charge < -0.3 is 4.74 Å². The summed E-state index contributed by atoms with van der Waals surface area (Å²) in [4.78, 5) is 22.6. The summed E-state index contributed by atoms with van der Waals surface area (Å²) in [6.07, 6.45) is 3.88. The van der Waals surface area contributed by atoms with Crippen LogP contribution in [-0.2, 0) is 9.53 Å². The number of ketones is 1. The first-order valence-corrected chi connectivity index (χ1v) is 5.23. The summed E-state index contributed by atoms with van der Waals surface area (Å²) >= 11 is 0. The van der Waals surface area contributed by atoms with E-state index in [4.69, 9.17) is 4.74 Å². The normalized spacial score (nSPS) is 19.5. The molecule has 0 unspecified atom stereocenters. The lowest BCUT2D eigenvalue weighted by Gasteiger charge is -2.16. The summed E-state index contributed by atoms with van der Waals surface area (Å²) in [5.41, 5.74) is 0.535. The van der Waals surface area contributed by atoms with E-state index in [-0.39, 0.29) is 17.9 Å². The maximum absolute atomic E-state index is 11.7. The molecule has 3 nitrogen and oxygen atoms in total. The van der Waals surface area contributed by atoms with E-state index in [1.54, 1.807) is 30.3 Å². The Hall–Kier alpha value is -1.90. The summed E-state index contributed by atoms with van der Waals surface area (Å²) in [5, 5.41) is 0. The average Bonchev–Trinajstić information content (AvgIpc) is 2.33. The van der Waals surface area contributed by atoms with Gasteiger partial charge in [0, 0.05) is 6.42 Å². The molecule has 0 aliphatic heterocycles. The molecule has 0 radical (unpaired) electrons. The van der Waals surface area contributed by atoms with Crippen molar-refractivity contribution in [2.45, 2.75) is 18.9 Å². The number of benzene rings is 1. The summed E-state index contributed by atoms with van der Waals surface area (Å²) in [7, 11) is 0. The molecule has 0 spiro atoms. The van der Waals surface area contributed by atoms with Crippen LogP contribution in [0.5, 0.6) is 0 Å². The molecule has 16 heavy (non-hydrogen) atoms. The number of carbonyl (C=O) groups is 2. The molecule has 0 heterocycles. The van der Waals surface area contributed by atoms with Crippen LogP contribution >= 0.6 is 0 Å². The minimum absolute atomic E-state index is 0.0898. The summed E-state index contributed by atoms with van der Waals surface area (Å²) in [5.74, 6) is -0.253. The van der Waals surface area contributed by atoms with Gasteiger partial charge in [0.15, 0.2) is 5.78 Å². The van der Waals surface area contributed by atoms with Gasteiger partial charge in [-0.15, -0.1) is 0 Å². The van der Waals surface area contributed by atoms with Gasteiger partial charge in [0.2, 0.25) is 0 Å². The minimum Gasteiger partial charge on any atom is -0.455 e. The van der Waals surface area contributed by atoms with Gasteiger partial charge >= 0.3 is 5.97 Å². The highest BCUT2D eigenvalue weighted by atomic mass is 16.5. The zero-order valence-electron chi connectivity index (χ0n) is 8.76. The molecule has 0 fully saturated rings. The van der Waals surface area contributed by atoms with E-state index in [1.165, 1.54) is 6.08 Å². The van der Waals surface area contributed by atoms with Crippen molar-refractivity contribution in [3.8, 4) is 0 Å². The molecular formula is C13H12O3. The predicted molar refractivity (Wildman–Crippen MR) is 59.0 cm³/mol. The molecule has 0 aromatic heterocycles. The Morgan fingerprint density at radius 1 is 1.25 bits per heavy atom. The van der Waals surface area contributed by atoms with Crippen LogP contribution in [-0.4, -0.2) is 17.9 Å². The Kier molecular flexibility index (Phi) is 3.15. The van der Waals surface area contributed by atoms with E-state index in [0.29, 0.717) is 18.4 Å². The number of allylic oxidation sites excluding steroid dienone is 1. The van der Waals surface area contributed by atoms with Gasteiger partial charge in [-0.2, -0.15) is 0 Å². The van der Waals surface area contributed by atoms with Crippen LogP contribution in [0.25, 0.3) is 0 Å². The molecular weight excluding hydrogens is 204 g/mol. The second kappa shape index (κ2) is 4.75. The molecule has 0 saturated heterocycles. The molecule has 0 saturated carbocycles. The number of rotatable bonds is 2. The highest BCUT2D eigenvalue weighted by Gasteiger charge is 2.17. The van der Waals surface area contributed by atoms with Crippen LogP contribution in [0.2, 0.25) is 0 Å². The van der Waals surface area contributed by atoms with E-state index in [1.807, 2.05) is 6.07 Å². The zero-order chi connectivity index (χ0) is 11.4. The van der Waals surface area contributed by atoms with E-state index in [2.05, 4.69) is 0 Å². The van der Waals surface area contributed by atoms with E-state index in [0.717, 1.165) is 0 Å². The van der Waals surface area contributed by atoms with Gasteiger partial charge in [-0.3, -0.25) is 4.79 Å². The summed E-state index contributed by atoms with van der Waals surface area (Å²) in [6.45, 7) is 0. The van der Waals surface area contributed by atoms with Gasteiger partial charge in [0.05, 0.1) is 5.56 Å². The smallest absolute Gasteiger partial charge is 0.338 e. The van der Waals surface area contributed by atoms with Crippen molar-refractivity contribution in [1.82, 2.24) is 0 Å². The fourth-order valence-electron chi connectivity index (χ4n) is 1.56. The van der Waals surface area contributed by atoms with E-state index < -0.39 is 0 Å². The molecule has 82 valence electrons. The molecule has 3 heteroatoms. The lowest BCUT2D eigenvalue weighted by molar-refractivity contribution is -0.115. The van der Waals surface area contributed by atoms with Crippen molar-refractivity contribution in [3.63, 3.8) is 0 Å². The average molecular weight is 216 g/mol. The summed E-state index contributed by atoms with van der Waals surface area (Å²) in [6, 6.07) is 8.84. The predicted octanol–water partition coefficient (Wildman–Crippen LogP) is 2.13. The summed E-state index contributed by atoms with van der Waals surface area (Å²) < 4.78 is 5.25. The second-order valence-electron chi connectivity index (χ2n) is 3.67. The highest BCUT2D eigenvalue weighted by Crippen LogP contribution is 2.13. The Balaban J connectivity index is 1.98. The maximum atomic E-state index is 11.7. The first-order valence-electron chi connectivity index (χ1n) is 5.23. The standard InChI is InChI=1S/C13H12O3/c14-11-6-8-12(9-7-11)16-13(15)10-4-2-1-3-5-10/h1-6,8,12H,7,9H2/t12-/m1/s1. The molecule has 0 bridgehead atoms. The minimum atomic E-state index is -0.343. The molecule has 0 N–H and O–H groups in total. The molecule has 0 amide bonds. The van der Waals surface area contributed by atoms with Crippen molar-refractivity contribution < 1.29 is 14.3 Å². The molecule has 1 atom stereocenters. The van der Waals surface area contributed by atoms with Gasteiger partial charge in [-0.25, -0.2) is 4.79 Å². The molecule has 2 rings (SSSR count). The SMILES string of the molecule is O=C1C=C[C@@H](OC(=O)c2ccccc2)CC1. The van der Waals surface area contributed by atoms with Crippen LogP contribution in [0, 0.1) is 0 Å². The topological polar surface area (TPSA) is 43.4 Å². The Morgan fingerprint density at radius 2 is 2.00 bits per heavy atom. The van der Waals surface area contributed by atoms with Crippen molar-refractivity contribution in [3.05, 3.63) is 48.0 Å². The Bertz CT molecular complexity index is 420. The number of ether oxygens (including phenoxy) is 1. The number of hydrogen-bond donors (Lipinski definition) is 0. The molecule has 1 aliphatic rings. The second-order valence-corrected chi connectivity index (χ2v) is 3.67. The Morgan fingerprint density at radius 3 is 2.62 bits per heavy atom. The van der Waals surface area contributed by atoms with Gasteiger partial charge in [0.1, 0.15) is 6.10 Å². The van der Waals surface area contributed by atoms with Crippen LogP contribution in [0.3, 0.4) is 0 Å². The number of carbonyl (C=O) groups excluding carboxylic acids is 2. The lowest BCUT2D eigenvalue weighted by atomic mass is 10.0. The highest BCUT2D eigenvalue weighted by molar-refractivity contribution is 5.91. The fourth-order valence-corrected chi connectivity index (χ4v) is 1.56.